The molecule has 128 valence electrons. The van der Waals surface area contributed by atoms with Gasteiger partial charge in [0.15, 0.2) is 0 Å². The van der Waals surface area contributed by atoms with Gasteiger partial charge >= 0.3 is 0 Å². The van der Waals surface area contributed by atoms with Gasteiger partial charge in [-0.3, -0.25) is 4.79 Å². The van der Waals surface area contributed by atoms with Gasteiger partial charge in [-0.25, -0.2) is 0 Å². The van der Waals surface area contributed by atoms with Crippen LogP contribution in [0, 0.1) is 34.5 Å². The maximum Gasteiger partial charge on any atom is 0.133 e. The average Bonchev–Trinajstić information content (AvgIpc) is 2.81. The third kappa shape index (κ3) is 1.72. The molecule has 0 aromatic heterocycles. The zero-order valence-electron chi connectivity index (χ0n) is 14.9. The molecule has 2 heteroatoms. The summed E-state index contributed by atoms with van der Waals surface area (Å²) in [4.78, 5) is 12.0. The monoisotopic (exact) mass is 316 g/mol. The second-order valence-electron chi connectivity index (χ2n) is 9.99. The van der Waals surface area contributed by atoms with Crippen molar-refractivity contribution in [3.8, 4) is 0 Å². The zero-order chi connectivity index (χ0) is 15.9. The molecule has 5 fully saturated rings. The molecule has 1 saturated heterocycles. The van der Waals surface area contributed by atoms with E-state index in [1.54, 1.807) is 0 Å². The van der Waals surface area contributed by atoms with E-state index in [-0.39, 0.29) is 5.60 Å². The van der Waals surface area contributed by atoms with Gasteiger partial charge in [-0.15, -0.1) is 0 Å². The lowest BCUT2D eigenvalue weighted by Gasteiger charge is -2.62. The van der Waals surface area contributed by atoms with Gasteiger partial charge in [0.1, 0.15) is 5.78 Å². The van der Waals surface area contributed by atoms with E-state index in [4.69, 9.17) is 4.74 Å². The van der Waals surface area contributed by atoms with Gasteiger partial charge in [0.2, 0.25) is 0 Å². The van der Waals surface area contributed by atoms with E-state index in [9.17, 15) is 4.79 Å². The lowest BCUT2D eigenvalue weighted by atomic mass is 9.44. The Hall–Kier alpha value is -0.370. The van der Waals surface area contributed by atoms with Crippen molar-refractivity contribution in [1.29, 1.82) is 0 Å². The van der Waals surface area contributed by atoms with Crippen LogP contribution in [0.4, 0.5) is 0 Å². The van der Waals surface area contributed by atoms with Crippen molar-refractivity contribution in [3.05, 3.63) is 0 Å². The van der Waals surface area contributed by atoms with Crippen LogP contribution in [0.5, 0.6) is 0 Å². The normalized spacial score (nSPS) is 58.3. The van der Waals surface area contributed by atoms with Gasteiger partial charge in [-0.05, 0) is 79.4 Å². The number of carbonyl (C=O) groups is 1. The Morgan fingerprint density at radius 2 is 1.74 bits per heavy atom. The first-order valence-corrected chi connectivity index (χ1v) is 10.1. The summed E-state index contributed by atoms with van der Waals surface area (Å²) in [6.45, 7) is 6.12. The second-order valence-corrected chi connectivity index (χ2v) is 9.99. The Labute approximate surface area is 140 Å². The second kappa shape index (κ2) is 4.62. The number of rotatable bonds is 0. The van der Waals surface area contributed by atoms with E-state index >= 15 is 0 Å². The molecular formula is C21H32O2. The standard InChI is InChI=1S/C21H32O2/c1-19-8-5-15(22)13-14(19)3-4-16-17(19)6-9-20(2)18(16)7-10-21(20)11-12-23-21/h14,16-18H,3-13H2,1-2H3/t14-,16-,17-,18+,19-,20-,21+/m0/s1. The molecule has 0 bridgehead atoms. The van der Waals surface area contributed by atoms with E-state index in [0.717, 1.165) is 37.2 Å². The lowest BCUT2D eigenvalue weighted by molar-refractivity contribution is -0.231. The summed E-state index contributed by atoms with van der Waals surface area (Å²) >= 11 is 0. The maximum absolute atomic E-state index is 12.0. The topological polar surface area (TPSA) is 26.3 Å². The third-order valence-corrected chi connectivity index (χ3v) is 9.66. The van der Waals surface area contributed by atoms with Gasteiger partial charge in [-0.2, -0.15) is 0 Å². The number of fused-ring (bicyclic) bond motifs is 6. The van der Waals surface area contributed by atoms with E-state index in [2.05, 4.69) is 13.8 Å². The molecular weight excluding hydrogens is 284 g/mol. The van der Waals surface area contributed by atoms with Crippen LogP contribution in [-0.4, -0.2) is 18.0 Å². The number of hydrogen-bond donors (Lipinski definition) is 0. The number of Topliss-reactive ketones (excluding diaryl/α,β-unsaturated/α-hetero) is 1. The van der Waals surface area contributed by atoms with Gasteiger partial charge in [0.05, 0.1) is 12.2 Å². The molecule has 0 radical (unpaired) electrons. The van der Waals surface area contributed by atoms with E-state index in [0.29, 0.717) is 22.5 Å². The molecule has 4 aliphatic carbocycles. The van der Waals surface area contributed by atoms with Crippen LogP contribution in [0.3, 0.4) is 0 Å². The Kier molecular flexibility index (Phi) is 3.00. The number of ketones is 1. The number of carbonyl (C=O) groups excluding carboxylic acids is 1. The zero-order valence-corrected chi connectivity index (χ0v) is 14.9. The molecule has 2 nitrogen and oxygen atoms in total. The molecule has 1 heterocycles. The van der Waals surface area contributed by atoms with Crippen molar-refractivity contribution < 1.29 is 9.53 Å². The minimum absolute atomic E-state index is 0.253. The van der Waals surface area contributed by atoms with Crippen molar-refractivity contribution in [3.63, 3.8) is 0 Å². The third-order valence-electron chi connectivity index (χ3n) is 9.66. The fraction of sp³-hybridized carbons (Fsp3) is 0.952. The van der Waals surface area contributed by atoms with Crippen molar-refractivity contribution in [2.75, 3.05) is 6.61 Å². The molecule has 1 aliphatic heterocycles. The van der Waals surface area contributed by atoms with Crippen LogP contribution < -0.4 is 0 Å². The van der Waals surface area contributed by atoms with Crippen molar-refractivity contribution >= 4 is 5.78 Å². The Balaban J connectivity index is 1.46. The predicted molar refractivity (Wildman–Crippen MR) is 90.0 cm³/mol. The largest absolute Gasteiger partial charge is 0.374 e. The summed E-state index contributed by atoms with van der Waals surface area (Å²) in [5, 5.41) is 0. The van der Waals surface area contributed by atoms with Crippen molar-refractivity contribution in [2.24, 2.45) is 34.5 Å². The lowest BCUT2D eigenvalue weighted by Crippen LogP contribution is -2.60. The van der Waals surface area contributed by atoms with Gasteiger partial charge in [0.25, 0.3) is 0 Å². The van der Waals surface area contributed by atoms with Gasteiger partial charge < -0.3 is 4.74 Å². The van der Waals surface area contributed by atoms with Crippen LogP contribution in [0.25, 0.3) is 0 Å². The molecule has 0 aromatic carbocycles. The molecule has 0 N–H and O–H groups in total. The molecule has 0 amide bonds. The van der Waals surface area contributed by atoms with E-state index in [1.165, 1.54) is 51.4 Å². The van der Waals surface area contributed by atoms with Crippen LogP contribution >= 0.6 is 0 Å². The number of hydrogen-bond acceptors (Lipinski definition) is 2. The van der Waals surface area contributed by atoms with Crippen molar-refractivity contribution in [2.45, 2.75) is 83.7 Å². The fourth-order valence-corrected chi connectivity index (χ4v) is 8.13. The molecule has 4 saturated carbocycles. The quantitative estimate of drug-likeness (QED) is 0.644. The highest BCUT2D eigenvalue weighted by Gasteiger charge is 2.66. The summed E-state index contributed by atoms with van der Waals surface area (Å²) < 4.78 is 6.23. The summed E-state index contributed by atoms with van der Waals surface area (Å²) in [5.74, 6) is 3.89. The van der Waals surface area contributed by atoms with Crippen molar-refractivity contribution in [1.82, 2.24) is 0 Å². The SMILES string of the molecule is C[C@]12CCC(=O)C[C@@H]1CC[C@@H]1[C@H]3CC[C@@]4(CCO4)[C@@]3(C)CC[C@@H]12. The highest BCUT2D eigenvalue weighted by atomic mass is 16.5. The molecule has 5 aliphatic rings. The molecule has 5 rings (SSSR count). The molecule has 1 spiro atoms. The fourth-order valence-electron chi connectivity index (χ4n) is 8.13. The minimum atomic E-state index is 0.253. The van der Waals surface area contributed by atoms with Crippen LogP contribution in [-0.2, 0) is 9.53 Å². The summed E-state index contributed by atoms with van der Waals surface area (Å²) in [6.07, 6.45) is 12.4. The Bertz CT molecular complexity index is 536. The Morgan fingerprint density at radius 3 is 2.48 bits per heavy atom. The van der Waals surface area contributed by atoms with Gasteiger partial charge in [-0.1, -0.05) is 13.8 Å². The first-order valence-electron chi connectivity index (χ1n) is 10.1. The Morgan fingerprint density at radius 1 is 0.957 bits per heavy atom. The molecule has 0 unspecified atom stereocenters. The number of ether oxygens (including phenoxy) is 1. The van der Waals surface area contributed by atoms with E-state index < -0.39 is 0 Å². The van der Waals surface area contributed by atoms with Crippen LogP contribution in [0.15, 0.2) is 0 Å². The van der Waals surface area contributed by atoms with E-state index in [1.807, 2.05) is 0 Å². The molecule has 7 atom stereocenters. The summed E-state index contributed by atoms with van der Waals surface area (Å²) in [7, 11) is 0. The average molecular weight is 316 g/mol. The summed E-state index contributed by atoms with van der Waals surface area (Å²) in [5.41, 5.74) is 1.15. The predicted octanol–water partition coefficient (Wildman–Crippen LogP) is 4.76. The van der Waals surface area contributed by atoms with Gasteiger partial charge in [0, 0.05) is 19.3 Å². The highest BCUT2D eigenvalue weighted by molar-refractivity contribution is 5.79. The maximum atomic E-state index is 12.0. The first-order chi connectivity index (χ1) is 11.0. The molecule has 23 heavy (non-hydrogen) atoms. The first kappa shape index (κ1) is 14.9. The minimum Gasteiger partial charge on any atom is -0.374 e. The highest BCUT2D eigenvalue weighted by Crippen LogP contribution is 2.70. The summed E-state index contributed by atoms with van der Waals surface area (Å²) in [6, 6.07) is 0. The van der Waals surface area contributed by atoms with Crippen LogP contribution in [0.1, 0.15) is 78.1 Å². The molecule has 0 aromatic rings. The smallest absolute Gasteiger partial charge is 0.133 e. The van der Waals surface area contributed by atoms with Crippen LogP contribution in [0.2, 0.25) is 0 Å².